The maximum absolute atomic E-state index is 5.73. The molecule has 0 saturated heterocycles. The second kappa shape index (κ2) is 6.50. The molecule has 0 aliphatic rings. The Morgan fingerprint density at radius 2 is 1.88 bits per heavy atom. The van der Waals surface area contributed by atoms with E-state index in [1.807, 2.05) is 32.9 Å². The van der Waals surface area contributed by atoms with Crippen LogP contribution in [0.2, 0.25) is 0 Å². The van der Waals surface area contributed by atoms with Gasteiger partial charge in [-0.3, -0.25) is 11.3 Å². The highest BCUT2D eigenvalue weighted by Crippen LogP contribution is 2.13. The van der Waals surface area contributed by atoms with Gasteiger partial charge in [-0.1, -0.05) is 28.1 Å². The highest BCUT2D eigenvalue weighted by atomic mass is 79.9. The Bertz CT molecular complexity index is 332. The van der Waals surface area contributed by atoms with Gasteiger partial charge in [0.25, 0.3) is 0 Å². The number of hydrogen-bond acceptors (Lipinski definition) is 3. The van der Waals surface area contributed by atoms with Crippen LogP contribution in [0, 0.1) is 0 Å². The number of hydrazine groups is 1. The molecule has 3 N–H and O–H groups in total. The Morgan fingerprint density at radius 1 is 1.29 bits per heavy atom. The second-order valence-electron chi connectivity index (χ2n) is 5.12. The van der Waals surface area contributed by atoms with Crippen molar-refractivity contribution in [2.75, 3.05) is 6.61 Å². The first-order valence-electron chi connectivity index (χ1n) is 5.75. The fourth-order valence-electron chi connectivity index (χ4n) is 1.42. The molecule has 1 unspecified atom stereocenters. The summed E-state index contributed by atoms with van der Waals surface area (Å²) in [5.41, 5.74) is 3.92. The van der Waals surface area contributed by atoms with E-state index in [0.717, 1.165) is 10.9 Å². The van der Waals surface area contributed by atoms with E-state index in [9.17, 15) is 0 Å². The second-order valence-corrected chi connectivity index (χ2v) is 6.03. The Labute approximate surface area is 112 Å². The molecule has 0 bridgehead atoms. The molecule has 0 saturated carbocycles. The maximum atomic E-state index is 5.73. The predicted molar refractivity (Wildman–Crippen MR) is 74.7 cm³/mol. The zero-order valence-corrected chi connectivity index (χ0v) is 12.3. The molecule has 0 aliphatic heterocycles. The van der Waals surface area contributed by atoms with E-state index in [-0.39, 0.29) is 11.6 Å². The van der Waals surface area contributed by atoms with Crippen molar-refractivity contribution in [3.05, 3.63) is 34.3 Å². The lowest BCUT2D eigenvalue weighted by atomic mass is 10.1. The first-order chi connectivity index (χ1) is 7.90. The van der Waals surface area contributed by atoms with Gasteiger partial charge in [-0.2, -0.15) is 0 Å². The minimum absolute atomic E-state index is 0.130. The third-order valence-corrected chi connectivity index (χ3v) is 2.88. The summed E-state index contributed by atoms with van der Waals surface area (Å²) >= 11 is 3.42. The van der Waals surface area contributed by atoms with Crippen molar-refractivity contribution in [1.82, 2.24) is 5.43 Å². The summed E-state index contributed by atoms with van der Waals surface area (Å²) in [5, 5.41) is 0. The van der Waals surface area contributed by atoms with Crippen molar-refractivity contribution in [1.29, 1.82) is 0 Å². The first-order valence-corrected chi connectivity index (χ1v) is 6.54. The van der Waals surface area contributed by atoms with Gasteiger partial charge in [-0.05, 0) is 44.9 Å². The van der Waals surface area contributed by atoms with Crippen LogP contribution in [0.15, 0.2) is 28.7 Å². The average molecular weight is 301 g/mol. The summed E-state index contributed by atoms with van der Waals surface area (Å²) in [6, 6.07) is 8.38. The van der Waals surface area contributed by atoms with Gasteiger partial charge in [0.1, 0.15) is 0 Å². The Hall–Kier alpha value is -0.420. The average Bonchev–Trinajstić information content (AvgIpc) is 2.25. The van der Waals surface area contributed by atoms with Gasteiger partial charge in [0.15, 0.2) is 0 Å². The third-order valence-electron chi connectivity index (χ3n) is 2.35. The fraction of sp³-hybridized carbons (Fsp3) is 0.538. The Balaban J connectivity index is 2.49. The van der Waals surface area contributed by atoms with Gasteiger partial charge in [0.2, 0.25) is 0 Å². The molecule has 0 amide bonds. The number of halogens is 1. The smallest absolute Gasteiger partial charge is 0.0643 e. The van der Waals surface area contributed by atoms with Gasteiger partial charge in [0.05, 0.1) is 12.2 Å². The highest BCUT2D eigenvalue weighted by Gasteiger charge is 2.14. The summed E-state index contributed by atoms with van der Waals surface area (Å²) < 4.78 is 6.81. The molecule has 1 aromatic carbocycles. The van der Waals surface area contributed by atoms with Crippen LogP contribution in [0.1, 0.15) is 26.3 Å². The SMILES string of the molecule is CC(C)(C)OCC(Cc1ccc(Br)cc1)NN. The quantitative estimate of drug-likeness (QED) is 0.649. The molecule has 0 heterocycles. The lowest BCUT2D eigenvalue weighted by Gasteiger charge is -2.24. The van der Waals surface area contributed by atoms with Crippen molar-refractivity contribution >= 4 is 15.9 Å². The molecule has 0 aromatic heterocycles. The molecule has 96 valence electrons. The zero-order valence-electron chi connectivity index (χ0n) is 10.7. The van der Waals surface area contributed by atoms with Crippen LogP contribution in [-0.4, -0.2) is 18.2 Å². The van der Waals surface area contributed by atoms with Crippen LogP contribution < -0.4 is 11.3 Å². The minimum atomic E-state index is -0.130. The molecule has 1 aromatic rings. The van der Waals surface area contributed by atoms with E-state index in [0.29, 0.717) is 6.61 Å². The van der Waals surface area contributed by atoms with Crippen LogP contribution >= 0.6 is 15.9 Å². The lowest BCUT2D eigenvalue weighted by Crippen LogP contribution is -2.42. The number of ether oxygens (including phenoxy) is 1. The van der Waals surface area contributed by atoms with Crippen molar-refractivity contribution in [2.45, 2.75) is 38.8 Å². The molecular formula is C13H21BrN2O. The van der Waals surface area contributed by atoms with Crippen LogP contribution in [-0.2, 0) is 11.2 Å². The molecule has 1 rings (SSSR count). The highest BCUT2D eigenvalue weighted by molar-refractivity contribution is 9.10. The Kier molecular flexibility index (Phi) is 5.59. The van der Waals surface area contributed by atoms with Gasteiger partial charge in [-0.15, -0.1) is 0 Å². The number of rotatable bonds is 5. The summed E-state index contributed by atoms with van der Waals surface area (Å²) in [7, 11) is 0. The van der Waals surface area contributed by atoms with Crippen LogP contribution in [0.25, 0.3) is 0 Å². The lowest BCUT2D eigenvalue weighted by molar-refractivity contribution is -0.0143. The number of benzene rings is 1. The topological polar surface area (TPSA) is 47.3 Å². The van der Waals surface area contributed by atoms with E-state index in [2.05, 4.69) is 33.5 Å². The van der Waals surface area contributed by atoms with E-state index >= 15 is 0 Å². The van der Waals surface area contributed by atoms with Crippen molar-refractivity contribution in [3.63, 3.8) is 0 Å². The monoisotopic (exact) mass is 300 g/mol. The number of hydrogen-bond donors (Lipinski definition) is 2. The van der Waals surface area contributed by atoms with Gasteiger partial charge in [0, 0.05) is 10.5 Å². The molecule has 4 heteroatoms. The van der Waals surface area contributed by atoms with E-state index in [1.54, 1.807) is 0 Å². The van der Waals surface area contributed by atoms with Crippen molar-refractivity contribution in [3.8, 4) is 0 Å². The van der Waals surface area contributed by atoms with Gasteiger partial charge >= 0.3 is 0 Å². The normalized spacial score (nSPS) is 13.7. The van der Waals surface area contributed by atoms with Crippen molar-refractivity contribution < 1.29 is 4.74 Å². The molecule has 0 radical (unpaired) electrons. The summed E-state index contributed by atoms with van der Waals surface area (Å²) in [5.74, 6) is 5.54. The zero-order chi connectivity index (χ0) is 12.9. The Morgan fingerprint density at radius 3 is 2.35 bits per heavy atom. The van der Waals surface area contributed by atoms with Crippen molar-refractivity contribution in [2.24, 2.45) is 5.84 Å². The third kappa shape index (κ3) is 6.17. The molecule has 0 fully saturated rings. The predicted octanol–water partition coefficient (Wildman–Crippen LogP) is 2.64. The fourth-order valence-corrected chi connectivity index (χ4v) is 1.69. The minimum Gasteiger partial charge on any atom is -0.374 e. The number of nitrogens with one attached hydrogen (secondary N) is 1. The van der Waals surface area contributed by atoms with E-state index in [1.165, 1.54) is 5.56 Å². The number of nitrogens with two attached hydrogens (primary N) is 1. The molecular weight excluding hydrogens is 280 g/mol. The maximum Gasteiger partial charge on any atom is 0.0643 e. The van der Waals surface area contributed by atoms with Gasteiger partial charge in [-0.25, -0.2) is 0 Å². The molecule has 1 atom stereocenters. The molecule has 0 spiro atoms. The summed E-state index contributed by atoms with van der Waals surface area (Å²) in [4.78, 5) is 0. The summed E-state index contributed by atoms with van der Waals surface area (Å²) in [6.45, 7) is 6.73. The summed E-state index contributed by atoms with van der Waals surface area (Å²) in [6.07, 6.45) is 0.861. The molecule has 17 heavy (non-hydrogen) atoms. The standard InChI is InChI=1S/C13H21BrN2O/c1-13(2,3)17-9-12(16-15)8-10-4-6-11(14)7-5-10/h4-7,12,16H,8-9,15H2,1-3H3. The van der Waals surface area contributed by atoms with Crippen LogP contribution in [0.5, 0.6) is 0 Å². The molecule has 0 aliphatic carbocycles. The van der Waals surface area contributed by atoms with Crippen LogP contribution in [0.4, 0.5) is 0 Å². The van der Waals surface area contributed by atoms with E-state index < -0.39 is 0 Å². The van der Waals surface area contributed by atoms with Gasteiger partial charge < -0.3 is 4.74 Å². The first kappa shape index (κ1) is 14.6. The van der Waals surface area contributed by atoms with E-state index in [4.69, 9.17) is 10.6 Å². The van der Waals surface area contributed by atoms with Crippen LogP contribution in [0.3, 0.4) is 0 Å². The largest absolute Gasteiger partial charge is 0.374 e. The molecule has 3 nitrogen and oxygen atoms in total.